The number of fused-ring (bicyclic) bond motifs is 1. The van der Waals surface area contributed by atoms with E-state index in [2.05, 4.69) is 38.3 Å². The number of aryl methyl sites for hydroxylation is 2. The SMILES string of the molecule is Cc1nc2n(n1)CCC[C@H]2N[C@H](C)c1ccc(Br)o1. The van der Waals surface area contributed by atoms with Crippen molar-refractivity contribution in [1.82, 2.24) is 20.1 Å². The van der Waals surface area contributed by atoms with E-state index in [1.165, 1.54) is 0 Å². The van der Waals surface area contributed by atoms with Gasteiger partial charge in [0.05, 0.1) is 12.1 Å². The zero-order chi connectivity index (χ0) is 13.4. The first kappa shape index (κ1) is 12.9. The maximum absolute atomic E-state index is 5.59. The summed E-state index contributed by atoms with van der Waals surface area (Å²) in [7, 11) is 0. The van der Waals surface area contributed by atoms with Crippen LogP contribution in [0.3, 0.4) is 0 Å². The number of hydrogen-bond acceptors (Lipinski definition) is 4. The molecule has 0 fully saturated rings. The minimum atomic E-state index is 0.153. The Labute approximate surface area is 120 Å². The molecule has 0 aromatic carbocycles. The number of nitrogens with zero attached hydrogens (tertiary/aromatic N) is 3. The Morgan fingerprint density at radius 2 is 2.37 bits per heavy atom. The molecule has 2 aromatic heterocycles. The van der Waals surface area contributed by atoms with Crippen molar-refractivity contribution in [2.75, 3.05) is 0 Å². The van der Waals surface area contributed by atoms with Gasteiger partial charge in [-0.1, -0.05) is 0 Å². The molecular formula is C13H17BrN4O. The van der Waals surface area contributed by atoms with Crippen LogP contribution in [-0.2, 0) is 6.54 Å². The van der Waals surface area contributed by atoms with E-state index in [1.54, 1.807) is 0 Å². The fourth-order valence-electron chi connectivity index (χ4n) is 2.57. The van der Waals surface area contributed by atoms with E-state index in [0.29, 0.717) is 0 Å². The van der Waals surface area contributed by atoms with E-state index < -0.39 is 0 Å². The lowest BCUT2D eigenvalue weighted by Gasteiger charge is -2.25. The lowest BCUT2D eigenvalue weighted by atomic mass is 10.1. The van der Waals surface area contributed by atoms with Crippen LogP contribution in [0, 0.1) is 6.92 Å². The molecule has 3 heterocycles. The number of halogens is 1. The normalized spacial score (nSPS) is 20.3. The molecule has 102 valence electrons. The zero-order valence-corrected chi connectivity index (χ0v) is 12.6. The fourth-order valence-corrected chi connectivity index (χ4v) is 2.89. The Bertz CT molecular complexity index is 577. The van der Waals surface area contributed by atoms with E-state index >= 15 is 0 Å². The molecule has 2 aromatic rings. The molecule has 1 N–H and O–H groups in total. The van der Waals surface area contributed by atoms with E-state index in [0.717, 1.165) is 41.5 Å². The second kappa shape index (κ2) is 5.09. The lowest BCUT2D eigenvalue weighted by molar-refractivity contribution is 0.320. The summed E-state index contributed by atoms with van der Waals surface area (Å²) in [4.78, 5) is 4.53. The van der Waals surface area contributed by atoms with E-state index in [-0.39, 0.29) is 12.1 Å². The highest BCUT2D eigenvalue weighted by Gasteiger charge is 2.25. The van der Waals surface area contributed by atoms with Crippen LogP contribution < -0.4 is 5.32 Å². The van der Waals surface area contributed by atoms with Crippen LogP contribution in [0.25, 0.3) is 0 Å². The van der Waals surface area contributed by atoms with Crippen LogP contribution in [0.2, 0.25) is 0 Å². The molecule has 1 aliphatic rings. The summed E-state index contributed by atoms with van der Waals surface area (Å²) in [5.74, 6) is 2.82. The Balaban J connectivity index is 1.77. The summed E-state index contributed by atoms with van der Waals surface area (Å²) < 4.78 is 8.37. The second-order valence-electron chi connectivity index (χ2n) is 4.97. The van der Waals surface area contributed by atoms with Gasteiger partial charge in [-0.05, 0) is 54.8 Å². The van der Waals surface area contributed by atoms with Gasteiger partial charge in [0.1, 0.15) is 17.4 Å². The molecule has 2 atom stereocenters. The predicted molar refractivity (Wildman–Crippen MR) is 74.7 cm³/mol. The van der Waals surface area contributed by atoms with Crippen molar-refractivity contribution in [3.63, 3.8) is 0 Å². The van der Waals surface area contributed by atoms with Crippen molar-refractivity contribution in [1.29, 1.82) is 0 Å². The van der Waals surface area contributed by atoms with Crippen LogP contribution in [0.5, 0.6) is 0 Å². The van der Waals surface area contributed by atoms with Crippen molar-refractivity contribution < 1.29 is 4.42 Å². The van der Waals surface area contributed by atoms with Gasteiger partial charge in [-0.15, -0.1) is 0 Å². The summed E-state index contributed by atoms with van der Waals surface area (Å²) >= 11 is 3.33. The van der Waals surface area contributed by atoms with Crippen molar-refractivity contribution in [2.24, 2.45) is 0 Å². The fraction of sp³-hybridized carbons (Fsp3) is 0.538. The van der Waals surface area contributed by atoms with Crippen molar-refractivity contribution in [3.05, 3.63) is 34.2 Å². The standard InChI is InChI=1S/C13H17BrN4O/c1-8(11-5-6-12(14)19-11)15-10-4-3-7-18-13(10)16-9(2)17-18/h5-6,8,10,15H,3-4,7H2,1-2H3/t8-,10-/m1/s1. The van der Waals surface area contributed by atoms with Crippen LogP contribution >= 0.6 is 15.9 Å². The van der Waals surface area contributed by atoms with Gasteiger partial charge in [-0.2, -0.15) is 5.10 Å². The Hall–Kier alpha value is -1.14. The predicted octanol–water partition coefficient (Wildman–Crippen LogP) is 3.13. The molecule has 3 rings (SSSR count). The maximum Gasteiger partial charge on any atom is 0.169 e. The maximum atomic E-state index is 5.59. The molecule has 0 bridgehead atoms. The zero-order valence-electron chi connectivity index (χ0n) is 11.1. The van der Waals surface area contributed by atoms with Gasteiger partial charge in [0.15, 0.2) is 4.67 Å². The number of rotatable bonds is 3. The molecular weight excluding hydrogens is 308 g/mol. The lowest BCUT2D eigenvalue weighted by Crippen LogP contribution is -2.30. The topological polar surface area (TPSA) is 55.9 Å². The summed E-state index contributed by atoms with van der Waals surface area (Å²) in [5, 5.41) is 8.00. The molecule has 0 aliphatic carbocycles. The third kappa shape index (κ3) is 2.60. The number of aromatic nitrogens is 3. The van der Waals surface area contributed by atoms with Crippen molar-refractivity contribution >= 4 is 15.9 Å². The minimum absolute atomic E-state index is 0.153. The molecule has 5 nitrogen and oxygen atoms in total. The molecule has 0 amide bonds. The highest BCUT2D eigenvalue weighted by molar-refractivity contribution is 9.10. The Kier molecular flexibility index (Phi) is 3.45. The van der Waals surface area contributed by atoms with Gasteiger partial charge < -0.3 is 4.42 Å². The number of nitrogens with one attached hydrogen (secondary N) is 1. The van der Waals surface area contributed by atoms with Crippen LogP contribution in [0.4, 0.5) is 0 Å². The summed E-state index contributed by atoms with van der Waals surface area (Å²) in [6.45, 7) is 5.01. The molecule has 0 unspecified atom stereocenters. The summed E-state index contributed by atoms with van der Waals surface area (Å²) in [5.41, 5.74) is 0. The van der Waals surface area contributed by atoms with E-state index in [9.17, 15) is 0 Å². The molecule has 0 radical (unpaired) electrons. The molecule has 0 saturated carbocycles. The molecule has 0 saturated heterocycles. The first-order chi connectivity index (χ1) is 9.13. The third-order valence-electron chi connectivity index (χ3n) is 3.45. The molecule has 1 aliphatic heterocycles. The number of hydrogen-bond donors (Lipinski definition) is 1. The van der Waals surface area contributed by atoms with Gasteiger partial charge in [0.25, 0.3) is 0 Å². The van der Waals surface area contributed by atoms with Gasteiger partial charge >= 0.3 is 0 Å². The molecule has 19 heavy (non-hydrogen) atoms. The van der Waals surface area contributed by atoms with Crippen molar-refractivity contribution in [2.45, 2.75) is 45.3 Å². The highest BCUT2D eigenvalue weighted by atomic mass is 79.9. The average Bonchev–Trinajstić information content (AvgIpc) is 2.95. The largest absolute Gasteiger partial charge is 0.453 e. The van der Waals surface area contributed by atoms with Gasteiger partial charge in [-0.25, -0.2) is 9.67 Å². The van der Waals surface area contributed by atoms with Crippen LogP contribution in [0.15, 0.2) is 21.2 Å². The quantitative estimate of drug-likeness (QED) is 0.942. The monoisotopic (exact) mass is 324 g/mol. The smallest absolute Gasteiger partial charge is 0.169 e. The van der Waals surface area contributed by atoms with E-state index in [4.69, 9.17) is 4.42 Å². The van der Waals surface area contributed by atoms with Crippen LogP contribution in [-0.4, -0.2) is 14.8 Å². The molecule has 6 heteroatoms. The highest BCUT2D eigenvalue weighted by Crippen LogP contribution is 2.27. The summed E-state index contributed by atoms with van der Waals surface area (Å²) in [6.07, 6.45) is 2.21. The van der Waals surface area contributed by atoms with Gasteiger partial charge in [-0.3, -0.25) is 5.32 Å². The van der Waals surface area contributed by atoms with E-state index in [1.807, 2.05) is 23.7 Å². The van der Waals surface area contributed by atoms with Crippen LogP contribution in [0.1, 0.15) is 49.3 Å². The van der Waals surface area contributed by atoms with Crippen molar-refractivity contribution in [3.8, 4) is 0 Å². The first-order valence-corrected chi connectivity index (χ1v) is 7.35. The Morgan fingerprint density at radius 3 is 3.11 bits per heavy atom. The number of furan rings is 1. The summed E-state index contributed by atoms with van der Waals surface area (Å²) in [6, 6.07) is 4.30. The third-order valence-corrected chi connectivity index (χ3v) is 3.88. The average molecular weight is 325 g/mol. The molecule has 0 spiro atoms. The Morgan fingerprint density at radius 1 is 1.53 bits per heavy atom. The minimum Gasteiger partial charge on any atom is -0.453 e. The van der Waals surface area contributed by atoms with Gasteiger partial charge in [0.2, 0.25) is 0 Å². The second-order valence-corrected chi connectivity index (χ2v) is 5.75. The van der Waals surface area contributed by atoms with Gasteiger partial charge in [0, 0.05) is 6.54 Å². The first-order valence-electron chi connectivity index (χ1n) is 6.56.